The molecule has 0 spiro atoms. The fourth-order valence-electron chi connectivity index (χ4n) is 1.54. The lowest BCUT2D eigenvalue weighted by molar-refractivity contribution is 0.103. The van der Waals surface area contributed by atoms with E-state index in [-0.39, 0.29) is 17.1 Å². The molecule has 0 atom stereocenters. The number of hydrogen-bond acceptors (Lipinski definition) is 6. The average Bonchev–Trinajstić information content (AvgIpc) is 2.27. The number of aromatic hydroxyl groups is 4. The zero-order valence-electron chi connectivity index (χ0n) is 9.03. The summed E-state index contributed by atoms with van der Waals surface area (Å²) in [5.74, 6) is -2.66. The molecule has 4 N–H and O–H groups in total. The summed E-state index contributed by atoms with van der Waals surface area (Å²) in [7, 11) is 0. The van der Waals surface area contributed by atoms with Gasteiger partial charge in [0.2, 0.25) is 5.78 Å². The largest absolute Gasteiger partial charge is 0.508 e. The molecule has 0 aliphatic carbocycles. The van der Waals surface area contributed by atoms with Crippen molar-refractivity contribution < 1.29 is 25.2 Å². The maximum absolute atomic E-state index is 12.0. The van der Waals surface area contributed by atoms with E-state index in [4.69, 9.17) is 5.11 Å². The summed E-state index contributed by atoms with van der Waals surface area (Å²) in [5.41, 5.74) is -0.504. The molecule has 0 saturated carbocycles. The van der Waals surface area contributed by atoms with Crippen LogP contribution in [-0.4, -0.2) is 31.2 Å². The van der Waals surface area contributed by atoms with Crippen LogP contribution >= 0.6 is 0 Å². The normalized spacial score (nSPS) is 10.2. The molecule has 2 rings (SSSR count). The smallest absolute Gasteiger partial charge is 0.204 e. The first-order valence-electron chi connectivity index (χ1n) is 4.93. The molecular weight excluding hydrogens is 238 g/mol. The lowest BCUT2D eigenvalue weighted by Gasteiger charge is -2.08. The van der Waals surface area contributed by atoms with Gasteiger partial charge in [-0.25, -0.2) is 0 Å². The number of aromatic nitrogens is 1. The molecule has 2 aromatic rings. The number of benzene rings is 1. The van der Waals surface area contributed by atoms with Gasteiger partial charge in [0.15, 0.2) is 0 Å². The van der Waals surface area contributed by atoms with Crippen LogP contribution in [-0.2, 0) is 0 Å². The van der Waals surface area contributed by atoms with Gasteiger partial charge in [0.05, 0.1) is 11.8 Å². The Bertz CT molecular complexity index is 601. The van der Waals surface area contributed by atoms with Crippen molar-refractivity contribution >= 4 is 5.78 Å². The second-order valence-electron chi connectivity index (χ2n) is 3.58. The highest BCUT2D eigenvalue weighted by Crippen LogP contribution is 2.34. The van der Waals surface area contributed by atoms with Gasteiger partial charge in [-0.1, -0.05) is 0 Å². The van der Waals surface area contributed by atoms with Gasteiger partial charge in [-0.3, -0.25) is 9.78 Å². The van der Waals surface area contributed by atoms with Crippen molar-refractivity contribution in [1.82, 2.24) is 4.98 Å². The predicted octanol–water partition coefficient (Wildman–Crippen LogP) is 1.14. The number of phenolic OH excluding ortho intramolecular Hbond substituents is 3. The molecule has 0 aliphatic rings. The van der Waals surface area contributed by atoms with Crippen molar-refractivity contribution in [2.24, 2.45) is 0 Å². The number of pyridine rings is 1. The van der Waals surface area contributed by atoms with Crippen LogP contribution in [0.25, 0.3) is 0 Å². The summed E-state index contributed by atoms with van der Waals surface area (Å²) >= 11 is 0. The summed E-state index contributed by atoms with van der Waals surface area (Å²) in [4.78, 5) is 15.6. The molecule has 0 saturated heterocycles. The second kappa shape index (κ2) is 4.25. The van der Waals surface area contributed by atoms with Crippen molar-refractivity contribution in [3.8, 4) is 23.0 Å². The summed E-state index contributed by atoms with van der Waals surface area (Å²) in [5, 5.41) is 37.7. The summed E-state index contributed by atoms with van der Waals surface area (Å²) in [6.07, 6.45) is 2.36. The monoisotopic (exact) mass is 247 g/mol. The van der Waals surface area contributed by atoms with E-state index in [1.165, 1.54) is 12.3 Å². The third kappa shape index (κ3) is 1.91. The van der Waals surface area contributed by atoms with Gasteiger partial charge in [0.25, 0.3) is 0 Å². The Hall–Kier alpha value is -2.76. The minimum atomic E-state index is -0.773. The third-order valence-electron chi connectivity index (χ3n) is 2.35. The van der Waals surface area contributed by atoms with E-state index in [2.05, 4.69) is 4.98 Å². The molecule has 1 aromatic heterocycles. The molecule has 0 radical (unpaired) electrons. The molecule has 6 heteroatoms. The van der Waals surface area contributed by atoms with Crippen LogP contribution in [0.2, 0.25) is 0 Å². The first kappa shape index (κ1) is 11.7. The van der Waals surface area contributed by atoms with Gasteiger partial charge in [0.1, 0.15) is 28.6 Å². The topological polar surface area (TPSA) is 111 Å². The highest BCUT2D eigenvalue weighted by Gasteiger charge is 2.21. The number of phenols is 3. The Balaban J connectivity index is 2.57. The number of nitrogens with zero attached hydrogens (tertiary/aromatic N) is 1. The van der Waals surface area contributed by atoms with Gasteiger partial charge in [-0.05, 0) is 6.07 Å². The Kier molecular flexibility index (Phi) is 2.77. The second-order valence-corrected chi connectivity index (χ2v) is 3.58. The molecular formula is C12H9NO5. The lowest BCUT2D eigenvalue weighted by atomic mass is 10.0. The number of carbonyl (C=O) groups is 1. The predicted molar refractivity (Wildman–Crippen MR) is 60.8 cm³/mol. The van der Waals surface area contributed by atoms with E-state index in [1.54, 1.807) is 0 Å². The Morgan fingerprint density at radius 1 is 1.00 bits per heavy atom. The van der Waals surface area contributed by atoms with Crippen LogP contribution in [0, 0.1) is 0 Å². The quantitative estimate of drug-likeness (QED) is 0.592. The molecule has 0 unspecified atom stereocenters. The minimum Gasteiger partial charge on any atom is -0.508 e. The summed E-state index contributed by atoms with van der Waals surface area (Å²) in [6, 6.07) is 3.10. The zero-order chi connectivity index (χ0) is 13.3. The van der Waals surface area contributed by atoms with Gasteiger partial charge < -0.3 is 20.4 Å². The Labute approximate surface area is 101 Å². The standard InChI is InChI=1S/C12H9NO5/c14-6-3-8(15)11(9(16)4-6)12(18)7-1-2-13-5-10(7)17/h1-5,14-17H. The highest BCUT2D eigenvalue weighted by molar-refractivity contribution is 6.13. The first-order chi connectivity index (χ1) is 8.50. The van der Waals surface area contributed by atoms with Crippen LogP contribution in [0.3, 0.4) is 0 Å². The molecule has 92 valence electrons. The van der Waals surface area contributed by atoms with Crippen molar-refractivity contribution in [3.05, 3.63) is 41.7 Å². The van der Waals surface area contributed by atoms with Crippen LogP contribution in [0.5, 0.6) is 23.0 Å². The Morgan fingerprint density at radius 2 is 1.61 bits per heavy atom. The fraction of sp³-hybridized carbons (Fsp3) is 0. The Morgan fingerprint density at radius 3 is 2.17 bits per heavy atom. The van der Waals surface area contributed by atoms with Crippen molar-refractivity contribution in [3.63, 3.8) is 0 Å². The number of ketones is 1. The van der Waals surface area contributed by atoms with Crippen LogP contribution in [0.15, 0.2) is 30.6 Å². The van der Waals surface area contributed by atoms with E-state index in [0.29, 0.717) is 0 Å². The van der Waals surface area contributed by atoms with E-state index < -0.39 is 22.8 Å². The van der Waals surface area contributed by atoms with Crippen LogP contribution in [0.4, 0.5) is 0 Å². The van der Waals surface area contributed by atoms with Crippen molar-refractivity contribution in [1.29, 1.82) is 0 Å². The molecule has 1 heterocycles. The molecule has 0 bridgehead atoms. The maximum atomic E-state index is 12.0. The number of hydrogen-bond donors (Lipinski definition) is 4. The summed E-state index contributed by atoms with van der Waals surface area (Å²) < 4.78 is 0. The van der Waals surface area contributed by atoms with E-state index in [1.807, 2.05) is 0 Å². The van der Waals surface area contributed by atoms with E-state index in [0.717, 1.165) is 18.3 Å². The molecule has 18 heavy (non-hydrogen) atoms. The average molecular weight is 247 g/mol. The number of rotatable bonds is 2. The molecule has 6 nitrogen and oxygen atoms in total. The van der Waals surface area contributed by atoms with E-state index in [9.17, 15) is 20.1 Å². The van der Waals surface area contributed by atoms with Crippen molar-refractivity contribution in [2.75, 3.05) is 0 Å². The number of carbonyl (C=O) groups excluding carboxylic acids is 1. The third-order valence-corrected chi connectivity index (χ3v) is 2.35. The SMILES string of the molecule is O=C(c1ccncc1O)c1c(O)cc(O)cc1O. The molecule has 1 aromatic carbocycles. The van der Waals surface area contributed by atoms with Gasteiger partial charge in [-0.15, -0.1) is 0 Å². The highest BCUT2D eigenvalue weighted by atomic mass is 16.3. The first-order valence-corrected chi connectivity index (χ1v) is 4.93. The van der Waals surface area contributed by atoms with Gasteiger partial charge in [-0.2, -0.15) is 0 Å². The fourth-order valence-corrected chi connectivity index (χ4v) is 1.54. The zero-order valence-corrected chi connectivity index (χ0v) is 9.03. The molecule has 0 aliphatic heterocycles. The minimum absolute atomic E-state index is 0.110. The van der Waals surface area contributed by atoms with Gasteiger partial charge >= 0.3 is 0 Å². The van der Waals surface area contributed by atoms with Crippen LogP contribution < -0.4 is 0 Å². The van der Waals surface area contributed by atoms with E-state index >= 15 is 0 Å². The van der Waals surface area contributed by atoms with Crippen molar-refractivity contribution in [2.45, 2.75) is 0 Å². The summed E-state index contributed by atoms with van der Waals surface area (Å²) in [6.45, 7) is 0. The maximum Gasteiger partial charge on any atom is 0.204 e. The molecule has 0 amide bonds. The lowest BCUT2D eigenvalue weighted by Crippen LogP contribution is -2.03. The van der Waals surface area contributed by atoms with Gasteiger partial charge in [0, 0.05) is 18.3 Å². The van der Waals surface area contributed by atoms with Crippen LogP contribution in [0.1, 0.15) is 15.9 Å². The molecule has 0 fully saturated rings.